The first-order chi connectivity index (χ1) is 14.1. The minimum atomic E-state index is -3.66. The van der Waals surface area contributed by atoms with Crippen LogP contribution in [-0.4, -0.2) is 27.4 Å². The summed E-state index contributed by atoms with van der Waals surface area (Å²) in [6, 6.07) is 17.5. The van der Waals surface area contributed by atoms with Gasteiger partial charge in [-0.1, -0.05) is 69.0 Å². The van der Waals surface area contributed by atoms with E-state index in [1.165, 1.54) is 23.6 Å². The summed E-state index contributed by atoms with van der Waals surface area (Å²) in [6.07, 6.45) is 6.65. The third kappa shape index (κ3) is 7.54. The molecule has 0 saturated carbocycles. The fraction of sp³-hybridized carbons (Fsp3) is 0.435. The summed E-state index contributed by atoms with van der Waals surface area (Å²) in [4.78, 5) is 12.2. The van der Waals surface area contributed by atoms with E-state index in [4.69, 9.17) is 0 Å². The van der Waals surface area contributed by atoms with Gasteiger partial charge in [0.1, 0.15) is 0 Å². The second kappa shape index (κ2) is 12.3. The molecule has 2 rings (SSSR count). The lowest BCUT2D eigenvalue weighted by molar-refractivity contribution is -0.121. The third-order valence-electron chi connectivity index (χ3n) is 4.74. The maximum atomic E-state index is 13.1. The Kier molecular flexibility index (Phi) is 9.71. The van der Waals surface area contributed by atoms with E-state index in [2.05, 4.69) is 12.2 Å². The van der Waals surface area contributed by atoms with Gasteiger partial charge < -0.3 is 5.32 Å². The fourth-order valence-corrected chi connectivity index (χ4v) is 4.65. The highest BCUT2D eigenvalue weighted by Gasteiger charge is 2.24. The summed E-state index contributed by atoms with van der Waals surface area (Å²) in [5.41, 5.74) is 0.624. The van der Waals surface area contributed by atoms with E-state index in [1.54, 1.807) is 42.5 Å². The molecule has 0 atom stereocenters. The lowest BCUT2D eigenvalue weighted by Crippen LogP contribution is -2.34. The zero-order valence-corrected chi connectivity index (χ0v) is 18.0. The van der Waals surface area contributed by atoms with Crippen LogP contribution in [0.1, 0.15) is 51.9 Å². The molecule has 29 heavy (non-hydrogen) atoms. The molecule has 0 aliphatic carbocycles. The first-order valence-electron chi connectivity index (χ1n) is 10.4. The van der Waals surface area contributed by atoms with Crippen molar-refractivity contribution in [2.45, 2.75) is 56.8 Å². The highest BCUT2D eigenvalue weighted by molar-refractivity contribution is 7.92. The smallest absolute Gasteiger partial charge is 0.264 e. The third-order valence-corrected chi connectivity index (χ3v) is 6.58. The number of carbonyl (C=O) groups excluding carboxylic acids is 1. The van der Waals surface area contributed by atoms with E-state index < -0.39 is 10.0 Å². The molecule has 0 radical (unpaired) electrons. The number of unbranched alkanes of at least 4 members (excludes halogenated alkanes) is 4. The Balaban J connectivity index is 1.91. The number of sulfonamides is 1. The predicted octanol–water partition coefficient (Wildman–Crippen LogP) is 4.75. The van der Waals surface area contributed by atoms with Crippen molar-refractivity contribution in [1.82, 2.24) is 5.32 Å². The van der Waals surface area contributed by atoms with Gasteiger partial charge in [0.15, 0.2) is 0 Å². The van der Waals surface area contributed by atoms with Gasteiger partial charge in [-0.15, -0.1) is 0 Å². The summed E-state index contributed by atoms with van der Waals surface area (Å²) in [7, 11) is -3.66. The number of rotatable bonds is 13. The van der Waals surface area contributed by atoms with Gasteiger partial charge in [0.05, 0.1) is 10.6 Å². The van der Waals surface area contributed by atoms with Gasteiger partial charge in [-0.3, -0.25) is 9.10 Å². The Morgan fingerprint density at radius 3 is 2.14 bits per heavy atom. The van der Waals surface area contributed by atoms with Crippen molar-refractivity contribution in [1.29, 1.82) is 0 Å². The second-order valence-corrected chi connectivity index (χ2v) is 8.96. The number of hydrogen-bond acceptors (Lipinski definition) is 3. The normalized spacial score (nSPS) is 11.2. The molecular formula is C23H32N2O3S. The van der Waals surface area contributed by atoms with E-state index in [-0.39, 0.29) is 10.8 Å². The number of para-hydroxylation sites is 1. The average Bonchev–Trinajstić information content (AvgIpc) is 2.74. The highest BCUT2D eigenvalue weighted by Crippen LogP contribution is 2.23. The predicted molar refractivity (Wildman–Crippen MR) is 118 cm³/mol. The number of anilines is 1. The van der Waals surface area contributed by atoms with Crippen molar-refractivity contribution in [2.75, 3.05) is 17.4 Å². The molecular weight excluding hydrogens is 384 g/mol. The molecule has 0 saturated heterocycles. The Labute approximate surface area is 175 Å². The van der Waals surface area contributed by atoms with Gasteiger partial charge in [-0.2, -0.15) is 0 Å². The number of hydrogen-bond donors (Lipinski definition) is 1. The largest absolute Gasteiger partial charge is 0.356 e. The van der Waals surface area contributed by atoms with Crippen LogP contribution in [0.15, 0.2) is 65.6 Å². The molecule has 0 aliphatic rings. The van der Waals surface area contributed by atoms with Gasteiger partial charge >= 0.3 is 0 Å². The van der Waals surface area contributed by atoms with Crippen molar-refractivity contribution in [2.24, 2.45) is 0 Å². The van der Waals surface area contributed by atoms with E-state index in [0.717, 1.165) is 12.8 Å². The van der Waals surface area contributed by atoms with Crippen molar-refractivity contribution in [3.05, 3.63) is 60.7 Å². The molecule has 0 unspecified atom stereocenters. The minimum absolute atomic E-state index is 0.0404. The van der Waals surface area contributed by atoms with Crippen LogP contribution in [0.4, 0.5) is 5.69 Å². The number of amides is 1. The summed E-state index contributed by atoms with van der Waals surface area (Å²) in [5.74, 6) is 0.0404. The highest BCUT2D eigenvalue weighted by atomic mass is 32.2. The summed E-state index contributed by atoms with van der Waals surface area (Å²) in [6.45, 7) is 2.93. The van der Waals surface area contributed by atoms with Crippen LogP contribution in [0, 0.1) is 0 Å². The number of nitrogens with zero attached hydrogens (tertiary/aromatic N) is 1. The standard InChI is InChI=1S/C23H32N2O3S/c1-2-3-4-5-12-18-23(26)24-19-13-20-25(21-14-8-6-9-15-21)29(27,28)22-16-10-7-11-17-22/h6-11,14-17H,2-5,12-13,18-20H2,1H3,(H,24,26). The molecule has 0 aliphatic heterocycles. The molecule has 1 amide bonds. The maximum absolute atomic E-state index is 13.1. The topological polar surface area (TPSA) is 66.5 Å². The SMILES string of the molecule is CCCCCCCC(=O)NCCCN(c1ccccc1)S(=O)(=O)c1ccccc1. The number of benzene rings is 2. The first-order valence-corrected chi connectivity index (χ1v) is 11.9. The molecule has 158 valence electrons. The molecule has 6 heteroatoms. The van der Waals surface area contributed by atoms with E-state index in [9.17, 15) is 13.2 Å². The van der Waals surface area contributed by atoms with Crippen LogP contribution in [0.5, 0.6) is 0 Å². The average molecular weight is 417 g/mol. The van der Waals surface area contributed by atoms with Gasteiger partial charge in [0.2, 0.25) is 5.91 Å². The number of carbonyl (C=O) groups is 1. The fourth-order valence-electron chi connectivity index (χ4n) is 3.13. The molecule has 2 aromatic carbocycles. The van der Waals surface area contributed by atoms with Gasteiger partial charge in [-0.25, -0.2) is 8.42 Å². The lowest BCUT2D eigenvalue weighted by atomic mass is 10.1. The zero-order chi connectivity index (χ0) is 21.0. The Hall–Kier alpha value is -2.34. The van der Waals surface area contributed by atoms with Gasteiger partial charge in [0.25, 0.3) is 10.0 Å². The zero-order valence-electron chi connectivity index (χ0n) is 17.2. The van der Waals surface area contributed by atoms with Crippen molar-refractivity contribution in [3.8, 4) is 0 Å². The van der Waals surface area contributed by atoms with Crippen LogP contribution in [0.2, 0.25) is 0 Å². The van der Waals surface area contributed by atoms with Crippen molar-refractivity contribution in [3.63, 3.8) is 0 Å². The molecule has 5 nitrogen and oxygen atoms in total. The monoisotopic (exact) mass is 416 g/mol. The van der Waals surface area contributed by atoms with Crippen LogP contribution in [0.3, 0.4) is 0 Å². The van der Waals surface area contributed by atoms with Crippen LogP contribution in [0.25, 0.3) is 0 Å². The van der Waals surface area contributed by atoms with Crippen molar-refractivity contribution >= 4 is 21.6 Å². The molecule has 2 aromatic rings. The lowest BCUT2D eigenvalue weighted by Gasteiger charge is -2.24. The van der Waals surface area contributed by atoms with Crippen LogP contribution >= 0.6 is 0 Å². The van der Waals surface area contributed by atoms with E-state index in [0.29, 0.717) is 31.6 Å². The number of nitrogens with one attached hydrogen (secondary N) is 1. The van der Waals surface area contributed by atoms with E-state index >= 15 is 0 Å². The Bertz CT molecular complexity index is 824. The molecule has 0 heterocycles. The first kappa shape index (κ1) is 22.9. The van der Waals surface area contributed by atoms with Gasteiger partial charge in [-0.05, 0) is 37.1 Å². The van der Waals surface area contributed by atoms with Crippen LogP contribution in [-0.2, 0) is 14.8 Å². The Morgan fingerprint density at radius 2 is 1.48 bits per heavy atom. The second-order valence-electron chi connectivity index (χ2n) is 7.09. The summed E-state index contributed by atoms with van der Waals surface area (Å²) >= 11 is 0. The Morgan fingerprint density at radius 1 is 0.862 bits per heavy atom. The molecule has 0 aromatic heterocycles. The van der Waals surface area contributed by atoms with E-state index in [1.807, 2.05) is 18.2 Å². The van der Waals surface area contributed by atoms with Crippen LogP contribution < -0.4 is 9.62 Å². The van der Waals surface area contributed by atoms with Gasteiger partial charge in [0, 0.05) is 19.5 Å². The van der Waals surface area contributed by atoms with Crippen molar-refractivity contribution < 1.29 is 13.2 Å². The molecule has 1 N–H and O–H groups in total. The maximum Gasteiger partial charge on any atom is 0.264 e. The minimum Gasteiger partial charge on any atom is -0.356 e. The summed E-state index contributed by atoms with van der Waals surface area (Å²) in [5, 5.41) is 2.91. The molecule has 0 spiro atoms. The summed E-state index contributed by atoms with van der Waals surface area (Å²) < 4.78 is 27.7. The molecule has 0 fully saturated rings. The molecule has 0 bridgehead atoms. The quantitative estimate of drug-likeness (QED) is 0.479.